The van der Waals surface area contributed by atoms with E-state index >= 15 is 0 Å². The molecule has 5 nitrogen and oxygen atoms in total. The zero-order valence-corrected chi connectivity index (χ0v) is 17.0. The lowest BCUT2D eigenvalue weighted by molar-refractivity contribution is -0.116. The number of hydrogen-bond acceptors (Lipinski definition) is 4. The maximum absolute atomic E-state index is 13.1. The molecule has 0 atom stereocenters. The summed E-state index contributed by atoms with van der Waals surface area (Å²) in [5, 5.41) is 2.86. The topological polar surface area (TPSA) is 60.3 Å². The Morgan fingerprint density at radius 1 is 1.17 bits per heavy atom. The fourth-order valence-corrected chi connectivity index (χ4v) is 3.68. The van der Waals surface area contributed by atoms with Crippen LogP contribution in [0.15, 0.2) is 70.5 Å². The molecule has 7 heteroatoms. The van der Waals surface area contributed by atoms with Crippen molar-refractivity contribution in [1.29, 1.82) is 0 Å². The predicted molar refractivity (Wildman–Crippen MR) is 113 cm³/mol. The number of carbonyl (C=O) groups is 1. The minimum atomic E-state index is -0.302. The van der Waals surface area contributed by atoms with E-state index in [1.165, 1.54) is 37.1 Å². The summed E-state index contributed by atoms with van der Waals surface area (Å²) in [6.07, 6.45) is 1.54. The van der Waals surface area contributed by atoms with Crippen LogP contribution in [0.5, 0.6) is 5.75 Å². The second-order valence-electron chi connectivity index (χ2n) is 6.49. The fourth-order valence-electron chi connectivity index (χ4n) is 2.78. The SMILES string of the molecule is COc1cn(CC(=O)Nc2cccc(C)c2)c(CSc2ccc(F)cc2)cc1=O. The van der Waals surface area contributed by atoms with Crippen LogP contribution >= 0.6 is 11.8 Å². The number of amides is 1. The molecule has 0 aliphatic carbocycles. The van der Waals surface area contributed by atoms with Crippen molar-refractivity contribution in [3.63, 3.8) is 0 Å². The summed E-state index contributed by atoms with van der Waals surface area (Å²) in [6.45, 7) is 1.98. The van der Waals surface area contributed by atoms with Crippen molar-refractivity contribution in [1.82, 2.24) is 4.57 Å². The Labute approximate surface area is 172 Å². The first-order valence-corrected chi connectivity index (χ1v) is 9.95. The van der Waals surface area contributed by atoms with Gasteiger partial charge in [0.05, 0.1) is 13.3 Å². The molecule has 0 aliphatic rings. The van der Waals surface area contributed by atoms with E-state index in [1.807, 2.05) is 31.2 Å². The van der Waals surface area contributed by atoms with Crippen LogP contribution in [0.2, 0.25) is 0 Å². The Hall–Kier alpha value is -3.06. The lowest BCUT2D eigenvalue weighted by Gasteiger charge is -2.15. The van der Waals surface area contributed by atoms with Gasteiger partial charge in [0, 0.05) is 28.1 Å². The summed E-state index contributed by atoms with van der Waals surface area (Å²) in [5.74, 6) is 0.101. The van der Waals surface area contributed by atoms with E-state index in [0.717, 1.165) is 10.5 Å². The first-order valence-electron chi connectivity index (χ1n) is 8.97. The number of ether oxygens (including phenoxy) is 1. The van der Waals surface area contributed by atoms with Gasteiger partial charge in [-0.3, -0.25) is 9.59 Å². The molecule has 1 heterocycles. The highest BCUT2D eigenvalue weighted by molar-refractivity contribution is 7.98. The van der Waals surface area contributed by atoms with E-state index < -0.39 is 0 Å². The van der Waals surface area contributed by atoms with Crippen LogP contribution < -0.4 is 15.5 Å². The highest BCUT2D eigenvalue weighted by Crippen LogP contribution is 2.23. The number of aryl methyl sites for hydroxylation is 1. The van der Waals surface area contributed by atoms with Gasteiger partial charge in [-0.25, -0.2) is 4.39 Å². The molecular formula is C22H21FN2O3S. The number of methoxy groups -OCH3 is 1. The lowest BCUT2D eigenvalue weighted by Crippen LogP contribution is -2.22. The van der Waals surface area contributed by atoms with Crippen molar-refractivity contribution in [2.45, 2.75) is 24.1 Å². The maximum atomic E-state index is 13.1. The molecule has 1 N–H and O–H groups in total. The minimum Gasteiger partial charge on any atom is -0.491 e. The molecule has 0 saturated carbocycles. The second-order valence-corrected chi connectivity index (χ2v) is 7.53. The Bertz CT molecular complexity index is 1060. The number of rotatable bonds is 7. The summed E-state index contributed by atoms with van der Waals surface area (Å²) in [5.41, 5.74) is 2.18. The third-order valence-corrected chi connectivity index (χ3v) is 5.26. The monoisotopic (exact) mass is 412 g/mol. The van der Waals surface area contributed by atoms with Gasteiger partial charge in [-0.2, -0.15) is 0 Å². The second kappa shape index (κ2) is 9.43. The molecule has 0 fully saturated rings. The summed E-state index contributed by atoms with van der Waals surface area (Å²) in [6, 6.07) is 15.1. The highest BCUT2D eigenvalue weighted by atomic mass is 32.2. The van der Waals surface area contributed by atoms with Crippen molar-refractivity contribution < 1.29 is 13.9 Å². The van der Waals surface area contributed by atoms with Crippen molar-refractivity contribution >= 4 is 23.4 Å². The standard InChI is InChI=1S/C22H21FN2O3S/c1-15-4-3-5-17(10-15)24-22(27)13-25-12-21(28-2)20(26)11-18(25)14-29-19-8-6-16(23)7-9-19/h3-12H,13-14H2,1-2H3,(H,24,27). The van der Waals surface area contributed by atoms with Gasteiger partial charge in [-0.15, -0.1) is 11.8 Å². The zero-order chi connectivity index (χ0) is 20.8. The van der Waals surface area contributed by atoms with Crippen LogP contribution in [0.1, 0.15) is 11.3 Å². The van der Waals surface area contributed by atoms with E-state index in [2.05, 4.69) is 5.32 Å². The van der Waals surface area contributed by atoms with E-state index in [1.54, 1.807) is 22.9 Å². The predicted octanol–water partition coefficient (Wildman–Crippen LogP) is 4.24. The quantitative estimate of drug-likeness (QED) is 0.590. The number of thioether (sulfide) groups is 1. The zero-order valence-electron chi connectivity index (χ0n) is 16.1. The summed E-state index contributed by atoms with van der Waals surface area (Å²) < 4.78 is 19.9. The van der Waals surface area contributed by atoms with Gasteiger partial charge in [0.1, 0.15) is 12.4 Å². The van der Waals surface area contributed by atoms with Crippen molar-refractivity contribution in [3.05, 3.63) is 88.1 Å². The molecule has 29 heavy (non-hydrogen) atoms. The molecule has 0 unspecified atom stereocenters. The summed E-state index contributed by atoms with van der Waals surface area (Å²) in [7, 11) is 1.42. The normalized spacial score (nSPS) is 10.6. The van der Waals surface area contributed by atoms with Gasteiger partial charge < -0.3 is 14.6 Å². The number of nitrogens with one attached hydrogen (secondary N) is 1. The van der Waals surface area contributed by atoms with E-state index in [4.69, 9.17) is 4.74 Å². The molecule has 3 rings (SSSR count). The van der Waals surface area contributed by atoms with Gasteiger partial charge in [-0.05, 0) is 48.9 Å². The van der Waals surface area contributed by atoms with Crippen LogP contribution in [0.25, 0.3) is 0 Å². The third-order valence-electron chi connectivity index (χ3n) is 4.22. The Morgan fingerprint density at radius 2 is 1.93 bits per heavy atom. The number of halogens is 1. The third kappa shape index (κ3) is 5.71. The number of benzene rings is 2. The average Bonchev–Trinajstić information content (AvgIpc) is 2.69. The molecule has 1 amide bonds. The largest absolute Gasteiger partial charge is 0.491 e. The van der Waals surface area contributed by atoms with Crippen LogP contribution in [-0.2, 0) is 17.1 Å². The maximum Gasteiger partial charge on any atom is 0.244 e. The molecule has 0 radical (unpaired) electrons. The number of hydrogen-bond donors (Lipinski definition) is 1. The Balaban J connectivity index is 1.78. The van der Waals surface area contributed by atoms with Crippen molar-refractivity contribution in [2.24, 2.45) is 0 Å². The molecule has 3 aromatic rings. The highest BCUT2D eigenvalue weighted by Gasteiger charge is 2.12. The smallest absolute Gasteiger partial charge is 0.244 e. The number of carbonyl (C=O) groups excluding carboxylic acids is 1. The molecule has 0 aliphatic heterocycles. The molecule has 0 bridgehead atoms. The van der Waals surface area contributed by atoms with Crippen molar-refractivity contribution in [2.75, 3.05) is 12.4 Å². The minimum absolute atomic E-state index is 0.0316. The van der Waals surface area contributed by atoms with Gasteiger partial charge >= 0.3 is 0 Å². The summed E-state index contributed by atoms with van der Waals surface area (Å²) in [4.78, 5) is 25.6. The van der Waals surface area contributed by atoms with Crippen LogP contribution in [-0.4, -0.2) is 17.6 Å². The first kappa shape index (κ1) is 20.7. The number of pyridine rings is 1. The lowest BCUT2D eigenvalue weighted by atomic mass is 10.2. The van der Waals surface area contributed by atoms with Crippen LogP contribution in [0.4, 0.5) is 10.1 Å². The van der Waals surface area contributed by atoms with Crippen LogP contribution in [0, 0.1) is 12.7 Å². The Morgan fingerprint density at radius 3 is 2.62 bits per heavy atom. The molecule has 1 aromatic heterocycles. The number of anilines is 1. The Kier molecular flexibility index (Phi) is 6.72. The van der Waals surface area contributed by atoms with Gasteiger partial charge in [0.2, 0.25) is 11.3 Å². The average molecular weight is 412 g/mol. The van der Waals surface area contributed by atoms with E-state index in [9.17, 15) is 14.0 Å². The molecular weight excluding hydrogens is 391 g/mol. The fraction of sp³-hybridized carbons (Fsp3) is 0.182. The van der Waals surface area contributed by atoms with Crippen molar-refractivity contribution in [3.8, 4) is 5.75 Å². The molecule has 150 valence electrons. The summed E-state index contributed by atoms with van der Waals surface area (Å²) >= 11 is 1.45. The number of nitrogens with zero attached hydrogens (tertiary/aromatic N) is 1. The van der Waals surface area contributed by atoms with Gasteiger partial charge in [0.15, 0.2) is 5.75 Å². The van der Waals surface area contributed by atoms with Crippen LogP contribution in [0.3, 0.4) is 0 Å². The molecule has 0 saturated heterocycles. The van der Waals surface area contributed by atoms with Gasteiger partial charge in [0.25, 0.3) is 0 Å². The first-order chi connectivity index (χ1) is 13.9. The molecule has 0 spiro atoms. The van der Waals surface area contributed by atoms with E-state index in [0.29, 0.717) is 17.1 Å². The van der Waals surface area contributed by atoms with Gasteiger partial charge in [-0.1, -0.05) is 12.1 Å². The van der Waals surface area contributed by atoms with E-state index in [-0.39, 0.29) is 29.4 Å². The molecule has 2 aromatic carbocycles. The number of aromatic nitrogens is 1.